The molecule has 1 N–H and O–H groups in total. The molecule has 3 rings (SSSR count). The number of carbonyl (C=O) groups is 2. The largest absolute Gasteiger partial charge is 0.497 e. The smallest absolute Gasteiger partial charge is 0.411 e. The van der Waals surface area contributed by atoms with E-state index in [9.17, 15) is 9.59 Å². The number of benzene rings is 2. The van der Waals surface area contributed by atoms with Gasteiger partial charge in [0.15, 0.2) is 0 Å². The second kappa shape index (κ2) is 7.31. The molecule has 0 radical (unpaired) electrons. The first-order chi connectivity index (χ1) is 12.8. The summed E-state index contributed by atoms with van der Waals surface area (Å²) in [5, 5.41) is 2.86. The van der Waals surface area contributed by atoms with Crippen LogP contribution in [0.2, 0.25) is 0 Å². The summed E-state index contributed by atoms with van der Waals surface area (Å²) in [6.07, 6.45) is -0.498. The van der Waals surface area contributed by atoms with E-state index >= 15 is 0 Å². The zero-order valence-electron chi connectivity index (χ0n) is 15.9. The first-order valence-electron chi connectivity index (χ1n) is 8.81. The molecule has 1 aliphatic rings. The van der Waals surface area contributed by atoms with Crippen LogP contribution in [-0.2, 0) is 9.53 Å². The van der Waals surface area contributed by atoms with Crippen molar-refractivity contribution in [1.29, 1.82) is 0 Å². The molecule has 6 nitrogen and oxygen atoms in total. The number of nitrogens with zero attached hydrogens (tertiary/aromatic N) is 1. The normalized spacial score (nSPS) is 18.6. The van der Waals surface area contributed by atoms with Crippen LogP contribution in [0, 0.1) is 0 Å². The van der Waals surface area contributed by atoms with Crippen LogP contribution >= 0.6 is 0 Å². The highest BCUT2D eigenvalue weighted by atomic mass is 16.6. The van der Waals surface area contributed by atoms with Crippen LogP contribution < -0.4 is 10.1 Å². The van der Waals surface area contributed by atoms with E-state index in [1.54, 1.807) is 52.1 Å². The maximum atomic E-state index is 12.8. The van der Waals surface area contributed by atoms with Gasteiger partial charge < -0.3 is 14.8 Å². The van der Waals surface area contributed by atoms with Gasteiger partial charge in [-0.2, -0.15) is 0 Å². The second-order valence-corrected chi connectivity index (χ2v) is 7.41. The van der Waals surface area contributed by atoms with Crippen molar-refractivity contribution in [2.75, 3.05) is 12.4 Å². The molecular formula is C21H24N2O4. The van der Waals surface area contributed by atoms with Gasteiger partial charge in [0.2, 0.25) is 5.91 Å². The van der Waals surface area contributed by atoms with Crippen molar-refractivity contribution in [2.24, 2.45) is 0 Å². The number of amides is 2. The van der Waals surface area contributed by atoms with Crippen LogP contribution in [0.15, 0.2) is 54.6 Å². The Bertz CT molecular complexity index is 830. The molecule has 0 spiro atoms. The summed E-state index contributed by atoms with van der Waals surface area (Å²) in [5.41, 5.74) is 0.880. The van der Waals surface area contributed by atoms with Crippen LogP contribution in [0.3, 0.4) is 0 Å². The number of carbonyl (C=O) groups excluding carboxylic acids is 2. The van der Waals surface area contributed by atoms with Crippen LogP contribution in [-0.4, -0.2) is 35.7 Å². The Balaban J connectivity index is 1.79. The minimum absolute atomic E-state index is 0.261. The summed E-state index contributed by atoms with van der Waals surface area (Å²) < 4.78 is 10.6. The Morgan fingerprint density at radius 1 is 1.04 bits per heavy atom. The monoisotopic (exact) mass is 368 g/mol. The fourth-order valence-electron chi connectivity index (χ4n) is 2.95. The molecule has 27 heavy (non-hydrogen) atoms. The van der Waals surface area contributed by atoms with Crippen LogP contribution in [0.1, 0.15) is 32.4 Å². The number of anilines is 1. The van der Waals surface area contributed by atoms with Crippen molar-refractivity contribution in [3.63, 3.8) is 0 Å². The number of methoxy groups -OCH3 is 1. The lowest BCUT2D eigenvalue weighted by molar-refractivity contribution is -0.116. The molecule has 142 valence electrons. The zero-order chi connectivity index (χ0) is 19.6. The number of rotatable bonds is 4. The average molecular weight is 368 g/mol. The summed E-state index contributed by atoms with van der Waals surface area (Å²) in [7, 11) is 1.57. The lowest BCUT2D eigenvalue weighted by Gasteiger charge is -2.20. The Labute approximate surface area is 159 Å². The SMILES string of the molecule is COc1cccc(NC(=O)[C@@H]2[C@@H](c3ccccc3)N2C(=O)OC(C)(C)C)c1. The number of nitrogens with one attached hydrogen (secondary N) is 1. The molecular weight excluding hydrogens is 344 g/mol. The maximum Gasteiger partial charge on any atom is 0.411 e. The van der Waals surface area contributed by atoms with Crippen molar-refractivity contribution >= 4 is 17.7 Å². The predicted octanol–water partition coefficient (Wildman–Crippen LogP) is 3.99. The van der Waals surface area contributed by atoms with Crippen LogP contribution in [0.4, 0.5) is 10.5 Å². The van der Waals surface area contributed by atoms with E-state index in [1.165, 1.54) is 4.90 Å². The van der Waals surface area contributed by atoms with Gasteiger partial charge in [0.05, 0.1) is 13.2 Å². The molecule has 0 aromatic heterocycles. The summed E-state index contributed by atoms with van der Waals surface area (Å²) in [6.45, 7) is 5.41. The topological polar surface area (TPSA) is 67.6 Å². The first-order valence-corrected chi connectivity index (χ1v) is 8.81. The molecule has 6 heteroatoms. The molecule has 2 amide bonds. The molecule has 0 bridgehead atoms. The van der Waals surface area contributed by atoms with Gasteiger partial charge in [-0.25, -0.2) is 4.79 Å². The van der Waals surface area contributed by atoms with Crippen molar-refractivity contribution in [3.05, 3.63) is 60.2 Å². The zero-order valence-corrected chi connectivity index (χ0v) is 15.9. The molecule has 0 unspecified atom stereocenters. The van der Waals surface area contributed by atoms with Crippen molar-refractivity contribution in [2.45, 2.75) is 38.5 Å². The Hall–Kier alpha value is -3.02. The quantitative estimate of drug-likeness (QED) is 0.829. The number of hydrogen-bond acceptors (Lipinski definition) is 4. The third kappa shape index (κ3) is 4.39. The third-order valence-corrected chi connectivity index (χ3v) is 4.16. The fraction of sp³-hybridized carbons (Fsp3) is 0.333. The lowest BCUT2D eigenvalue weighted by atomic mass is 10.1. The van der Waals surface area contributed by atoms with E-state index in [1.807, 2.05) is 30.3 Å². The van der Waals surface area contributed by atoms with E-state index in [2.05, 4.69) is 5.32 Å². The molecule has 0 saturated carbocycles. The van der Waals surface area contributed by atoms with Gasteiger partial charge in [-0.15, -0.1) is 0 Å². The summed E-state index contributed by atoms with van der Waals surface area (Å²) in [6, 6.07) is 15.6. The van der Waals surface area contributed by atoms with Gasteiger partial charge >= 0.3 is 6.09 Å². The highest BCUT2D eigenvalue weighted by molar-refractivity contribution is 6.01. The maximum absolute atomic E-state index is 12.8. The fourth-order valence-corrected chi connectivity index (χ4v) is 2.95. The lowest BCUT2D eigenvalue weighted by Crippen LogP contribution is -2.30. The van der Waals surface area contributed by atoms with E-state index in [-0.39, 0.29) is 11.9 Å². The van der Waals surface area contributed by atoms with Crippen molar-refractivity contribution in [1.82, 2.24) is 4.90 Å². The highest BCUT2D eigenvalue weighted by Crippen LogP contribution is 2.44. The predicted molar refractivity (Wildman–Crippen MR) is 103 cm³/mol. The van der Waals surface area contributed by atoms with Crippen LogP contribution in [0.5, 0.6) is 5.75 Å². The Morgan fingerprint density at radius 3 is 2.37 bits per heavy atom. The van der Waals surface area contributed by atoms with Crippen molar-refractivity contribution in [3.8, 4) is 5.75 Å². The summed E-state index contributed by atoms with van der Waals surface area (Å²) >= 11 is 0. The van der Waals surface area contributed by atoms with E-state index in [4.69, 9.17) is 9.47 Å². The summed E-state index contributed by atoms with van der Waals surface area (Å²) in [4.78, 5) is 26.9. The molecule has 2 aromatic carbocycles. The van der Waals surface area contributed by atoms with Gasteiger partial charge in [-0.1, -0.05) is 36.4 Å². The third-order valence-electron chi connectivity index (χ3n) is 4.16. The molecule has 1 fully saturated rings. The van der Waals surface area contributed by atoms with Crippen LogP contribution in [0.25, 0.3) is 0 Å². The van der Waals surface area contributed by atoms with Gasteiger partial charge in [-0.05, 0) is 38.5 Å². The van der Waals surface area contributed by atoms with E-state index in [0.717, 1.165) is 5.56 Å². The van der Waals surface area contributed by atoms with E-state index < -0.39 is 17.7 Å². The molecule has 1 heterocycles. The summed E-state index contributed by atoms with van der Waals surface area (Å²) in [5.74, 6) is 0.384. The van der Waals surface area contributed by atoms with Crippen molar-refractivity contribution < 1.29 is 19.1 Å². The first kappa shape index (κ1) is 18.8. The molecule has 1 saturated heterocycles. The van der Waals surface area contributed by atoms with Gasteiger partial charge in [-0.3, -0.25) is 9.69 Å². The average Bonchev–Trinajstić information content (AvgIpc) is 3.37. The van der Waals surface area contributed by atoms with Gasteiger partial charge in [0.1, 0.15) is 17.4 Å². The Kier molecular flexibility index (Phi) is 5.08. The van der Waals surface area contributed by atoms with Gasteiger partial charge in [0.25, 0.3) is 0 Å². The second-order valence-electron chi connectivity index (χ2n) is 7.41. The molecule has 2 atom stereocenters. The number of ether oxygens (including phenoxy) is 2. The number of hydrogen-bond donors (Lipinski definition) is 1. The molecule has 2 aromatic rings. The standard InChI is InChI=1S/C21H24N2O4/c1-21(2,3)27-20(25)23-17(14-9-6-5-7-10-14)18(23)19(24)22-15-11-8-12-16(13-15)26-4/h5-13,17-18H,1-4H3,(H,22,24)/t17-,18+,23?/m1/s1. The molecule has 1 aliphatic heterocycles. The minimum atomic E-state index is -0.630. The highest BCUT2D eigenvalue weighted by Gasteiger charge is 2.57. The minimum Gasteiger partial charge on any atom is -0.497 e. The van der Waals surface area contributed by atoms with Gasteiger partial charge in [0, 0.05) is 11.8 Å². The molecule has 0 aliphatic carbocycles. The van der Waals surface area contributed by atoms with E-state index in [0.29, 0.717) is 11.4 Å². The Morgan fingerprint density at radius 2 is 1.74 bits per heavy atom.